The lowest BCUT2D eigenvalue weighted by atomic mass is 10.1. The fourth-order valence-electron chi connectivity index (χ4n) is 2.13. The van der Waals surface area contributed by atoms with Crippen LogP contribution in [0.1, 0.15) is 18.4 Å². The Bertz CT molecular complexity index is 404. The van der Waals surface area contributed by atoms with Crippen molar-refractivity contribution in [2.45, 2.75) is 19.4 Å². The highest BCUT2D eigenvalue weighted by molar-refractivity contribution is 5.18. The van der Waals surface area contributed by atoms with E-state index in [0.29, 0.717) is 12.1 Å². The molecule has 0 aliphatic heterocycles. The Kier molecular flexibility index (Phi) is 3.45. The summed E-state index contributed by atoms with van der Waals surface area (Å²) in [6.07, 6.45) is 2.03. The van der Waals surface area contributed by atoms with E-state index >= 15 is 0 Å². The number of hydrogen-bond acceptors (Lipinski definition) is 2. The van der Waals surface area contributed by atoms with Crippen LogP contribution in [0.5, 0.6) is 0 Å². The number of aliphatic hydroxyl groups excluding tert-OH is 1. The molecule has 1 aliphatic carbocycles. The van der Waals surface area contributed by atoms with Crippen molar-refractivity contribution in [3.63, 3.8) is 0 Å². The summed E-state index contributed by atoms with van der Waals surface area (Å²) in [5.74, 6) is -0.801. The third-order valence-electron chi connectivity index (χ3n) is 3.35. The van der Waals surface area contributed by atoms with Crippen LogP contribution in [0.15, 0.2) is 18.2 Å². The monoisotopic (exact) mass is 241 g/mol. The zero-order chi connectivity index (χ0) is 12.5. The van der Waals surface area contributed by atoms with Gasteiger partial charge >= 0.3 is 0 Å². The van der Waals surface area contributed by atoms with E-state index in [9.17, 15) is 13.9 Å². The van der Waals surface area contributed by atoms with E-state index < -0.39 is 5.82 Å². The van der Waals surface area contributed by atoms with Crippen LogP contribution in [0.25, 0.3) is 0 Å². The predicted octanol–water partition coefficient (Wildman–Crippen LogP) is 2.17. The Balaban J connectivity index is 1.98. The van der Waals surface area contributed by atoms with Crippen LogP contribution in [0.3, 0.4) is 0 Å². The summed E-state index contributed by atoms with van der Waals surface area (Å²) in [5, 5.41) is 9.21. The summed E-state index contributed by atoms with van der Waals surface area (Å²) in [6, 6.07) is 3.50. The topological polar surface area (TPSA) is 23.5 Å². The lowest BCUT2D eigenvalue weighted by molar-refractivity contribution is 0.160. The second kappa shape index (κ2) is 4.70. The van der Waals surface area contributed by atoms with Gasteiger partial charge in [0.15, 0.2) is 0 Å². The van der Waals surface area contributed by atoms with Crippen molar-refractivity contribution in [2.75, 3.05) is 20.2 Å². The molecule has 1 N–H and O–H groups in total. The van der Waals surface area contributed by atoms with Gasteiger partial charge in [-0.15, -0.1) is 0 Å². The molecule has 0 saturated heterocycles. The third-order valence-corrected chi connectivity index (χ3v) is 3.35. The van der Waals surface area contributed by atoms with Gasteiger partial charge in [-0.25, -0.2) is 8.78 Å². The molecule has 0 radical (unpaired) electrons. The fraction of sp³-hybridized carbons (Fsp3) is 0.538. The van der Waals surface area contributed by atoms with Gasteiger partial charge in [0, 0.05) is 30.7 Å². The Morgan fingerprint density at radius 1 is 1.35 bits per heavy atom. The first-order chi connectivity index (χ1) is 8.04. The van der Waals surface area contributed by atoms with Crippen molar-refractivity contribution in [1.29, 1.82) is 0 Å². The van der Waals surface area contributed by atoms with Gasteiger partial charge in [0.25, 0.3) is 0 Å². The van der Waals surface area contributed by atoms with Crippen molar-refractivity contribution < 1.29 is 13.9 Å². The van der Waals surface area contributed by atoms with Crippen LogP contribution in [-0.2, 0) is 6.54 Å². The largest absolute Gasteiger partial charge is 0.396 e. The first-order valence-corrected chi connectivity index (χ1v) is 5.78. The van der Waals surface area contributed by atoms with Crippen LogP contribution in [0.2, 0.25) is 0 Å². The number of nitrogens with zero attached hydrogens (tertiary/aromatic N) is 1. The molecule has 1 aromatic rings. The van der Waals surface area contributed by atoms with Gasteiger partial charge in [-0.1, -0.05) is 0 Å². The highest BCUT2D eigenvalue weighted by atomic mass is 19.1. The maximum absolute atomic E-state index is 13.4. The Morgan fingerprint density at radius 3 is 2.65 bits per heavy atom. The Labute approximate surface area is 99.9 Å². The Hall–Kier alpha value is -1.00. The molecule has 0 heterocycles. The molecule has 0 aromatic heterocycles. The molecule has 1 aliphatic rings. The molecule has 94 valence electrons. The third kappa shape index (κ3) is 3.01. The van der Waals surface area contributed by atoms with Crippen LogP contribution in [0, 0.1) is 17.0 Å². The number of aliphatic hydroxyl groups is 1. The standard InChI is InChI=1S/C13H17F2NO/c1-16(8-13(9-17)4-5-13)7-10-6-11(14)2-3-12(10)15/h2-3,6,17H,4-5,7-9H2,1H3. The number of halogens is 2. The van der Waals surface area contributed by atoms with Gasteiger partial charge in [-0.3, -0.25) is 0 Å². The smallest absolute Gasteiger partial charge is 0.127 e. The van der Waals surface area contributed by atoms with E-state index in [-0.39, 0.29) is 17.8 Å². The molecule has 4 heteroatoms. The van der Waals surface area contributed by atoms with Gasteiger partial charge in [0.05, 0.1) is 0 Å². The predicted molar refractivity (Wildman–Crippen MR) is 61.4 cm³/mol. The average molecular weight is 241 g/mol. The lowest BCUT2D eigenvalue weighted by Crippen LogP contribution is -2.28. The van der Waals surface area contributed by atoms with Crippen molar-refractivity contribution in [3.05, 3.63) is 35.4 Å². The molecule has 0 atom stereocenters. The van der Waals surface area contributed by atoms with Crippen molar-refractivity contribution >= 4 is 0 Å². The summed E-state index contributed by atoms with van der Waals surface area (Å²) >= 11 is 0. The van der Waals surface area contributed by atoms with Gasteiger partial charge in [0.1, 0.15) is 11.6 Å². The van der Waals surface area contributed by atoms with Crippen LogP contribution in [0.4, 0.5) is 8.78 Å². The minimum Gasteiger partial charge on any atom is -0.396 e. The molecular formula is C13H17F2NO. The van der Waals surface area contributed by atoms with Crippen LogP contribution in [-0.4, -0.2) is 30.2 Å². The molecule has 1 fully saturated rings. The van der Waals surface area contributed by atoms with Crippen LogP contribution >= 0.6 is 0 Å². The van der Waals surface area contributed by atoms with E-state index in [1.807, 2.05) is 11.9 Å². The van der Waals surface area contributed by atoms with Gasteiger partial charge < -0.3 is 10.0 Å². The summed E-state index contributed by atoms with van der Waals surface area (Å²) in [7, 11) is 1.86. The first-order valence-electron chi connectivity index (χ1n) is 5.78. The molecule has 1 aromatic carbocycles. The van der Waals surface area contributed by atoms with E-state index in [4.69, 9.17) is 0 Å². The van der Waals surface area contributed by atoms with E-state index in [1.54, 1.807) is 0 Å². The lowest BCUT2D eigenvalue weighted by Gasteiger charge is -2.22. The van der Waals surface area contributed by atoms with E-state index in [2.05, 4.69) is 0 Å². The molecule has 0 bridgehead atoms. The minimum atomic E-state index is -0.418. The first kappa shape index (κ1) is 12.5. The maximum atomic E-state index is 13.4. The summed E-state index contributed by atoms with van der Waals surface area (Å²) in [4.78, 5) is 1.93. The molecule has 0 unspecified atom stereocenters. The van der Waals surface area contributed by atoms with E-state index in [1.165, 1.54) is 6.07 Å². The number of benzene rings is 1. The molecule has 0 amide bonds. The fourth-order valence-corrected chi connectivity index (χ4v) is 2.13. The van der Waals surface area contributed by atoms with Gasteiger partial charge in [-0.05, 0) is 38.1 Å². The molecule has 0 spiro atoms. The van der Waals surface area contributed by atoms with Crippen molar-refractivity contribution in [1.82, 2.24) is 4.90 Å². The second-order valence-corrected chi connectivity index (χ2v) is 5.07. The molecule has 2 nitrogen and oxygen atoms in total. The normalized spacial score (nSPS) is 17.5. The average Bonchev–Trinajstić information content (AvgIpc) is 3.04. The highest BCUT2D eigenvalue weighted by Gasteiger charge is 2.42. The quantitative estimate of drug-likeness (QED) is 0.854. The van der Waals surface area contributed by atoms with Crippen LogP contribution < -0.4 is 0 Å². The number of rotatable bonds is 5. The molecule has 17 heavy (non-hydrogen) atoms. The Morgan fingerprint density at radius 2 is 2.06 bits per heavy atom. The van der Waals surface area contributed by atoms with Crippen molar-refractivity contribution in [2.24, 2.45) is 5.41 Å². The number of hydrogen-bond donors (Lipinski definition) is 1. The maximum Gasteiger partial charge on any atom is 0.127 e. The zero-order valence-corrected chi connectivity index (χ0v) is 9.92. The molecule has 2 rings (SSSR count). The summed E-state index contributed by atoms with van der Waals surface area (Å²) in [5.41, 5.74) is 0.361. The summed E-state index contributed by atoms with van der Waals surface area (Å²) in [6.45, 7) is 1.26. The zero-order valence-electron chi connectivity index (χ0n) is 9.92. The molecular weight excluding hydrogens is 224 g/mol. The van der Waals surface area contributed by atoms with E-state index in [0.717, 1.165) is 31.5 Å². The molecule has 1 saturated carbocycles. The summed E-state index contributed by atoms with van der Waals surface area (Å²) < 4.78 is 26.4. The SMILES string of the molecule is CN(Cc1cc(F)ccc1F)CC1(CO)CC1. The highest BCUT2D eigenvalue weighted by Crippen LogP contribution is 2.45. The van der Waals surface area contributed by atoms with Crippen molar-refractivity contribution in [3.8, 4) is 0 Å². The second-order valence-electron chi connectivity index (χ2n) is 5.07. The minimum absolute atomic E-state index is 0.00144. The van der Waals surface area contributed by atoms with Gasteiger partial charge in [-0.2, -0.15) is 0 Å². The van der Waals surface area contributed by atoms with Gasteiger partial charge in [0.2, 0.25) is 0 Å².